The van der Waals surface area contributed by atoms with Crippen LogP contribution in [0.25, 0.3) is 0 Å². The van der Waals surface area contributed by atoms with Gasteiger partial charge in [0.05, 0.1) is 6.42 Å². The van der Waals surface area contributed by atoms with Gasteiger partial charge in [0.2, 0.25) is 0 Å². The molecule has 0 aromatic carbocycles. The summed E-state index contributed by atoms with van der Waals surface area (Å²) in [6.45, 7) is 3.64. The van der Waals surface area contributed by atoms with Crippen molar-refractivity contribution in [1.29, 1.82) is 0 Å². The average Bonchev–Trinajstić information content (AvgIpc) is 2.04. The highest BCUT2D eigenvalue weighted by molar-refractivity contribution is 8.00. The SMILES string of the molecule is CC(CC(=O)O)SC1CCOCC1. The van der Waals surface area contributed by atoms with Gasteiger partial charge in [0.15, 0.2) is 0 Å². The maximum Gasteiger partial charge on any atom is 0.304 e. The molecule has 1 unspecified atom stereocenters. The van der Waals surface area contributed by atoms with E-state index in [4.69, 9.17) is 9.84 Å². The molecule has 1 aliphatic heterocycles. The quantitative estimate of drug-likeness (QED) is 0.758. The topological polar surface area (TPSA) is 46.5 Å². The van der Waals surface area contributed by atoms with Crippen molar-refractivity contribution in [3.63, 3.8) is 0 Å². The zero-order valence-corrected chi connectivity index (χ0v) is 8.68. The van der Waals surface area contributed by atoms with Crippen molar-refractivity contribution in [2.75, 3.05) is 13.2 Å². The lowest BCUT2D eigenvalue weighted by Gasteiger charge is -2.23. The summed E-state index contributed by atoms with van der Waals surface area (Å²) < 4.78 is 5.23. The predicted octanol–water partition coefficient (Wildman–Crippen LogP) is 1.76. The molecular weight excluding hydrogens is 188 g/mol. The summed E-state index contributed by atoms with van der Waals surface area (Å²) in [7, 11) is 0. The second kappa shape index (κ2) is 5.50. The lowest BCUT2D eigenvalue weighted by Crippen LogP contribution is -2.20. The van der Waals surface area contributed by atoms with E-state index in [9.17, 15) is 4.79 Å². The van der Waals surface area contributed by atoms with Gasteiger partial charge in [-0.3, -0.25) is 4.79 Å². The number of thioether (sulfide) groups is 1. The second-order valence-corrected chi connectivity index (χ2v) is 5.10. The molecule has 1 fully saturated rings. The van der Waals surface area contributed by atoms with E-state index in [1.165, 1.54) is 0 Å². The van der Waals surface area contributed by atoms with Crippen LogP contribution in [0.15, 0.2) is 0 Å². The molecule has 1 heterocycles. The summed E-state index contributed by atoms with van der Waals surface area (Å²) in [6.07, 6.45) is 2.39. The van der Waals surface area contributed by atoms with Crippen LogP contribution in [0, 0.1) is 0 Å². The molecule has 1 saturated heterocycles. The van der Waals surface area contributed by atoms with E-state index in [0.717, 1.165) is 26.1 Å². The molecule has 76 valence electrons. The van der Waals surface area contributed by atoms with Gasteiger partial charge in [-0.15, -0.1) is 0 Å². The van der Waals surface area contributed by atoms with Crippen LogP contribution in [0.1, 0.15) is 26.2 Å². The van der Waals surface area contributed by atoms with Crippen LogP contribution in [0.2, 0.25) is 0 Å². The van der Waals surface area contributed by atoms with Crippen LogP contribution in [-0.2, 0) is 9.53 Å². The summed E-state index contributed by atoms with van der Waals surface area (Å²) in [5.74, 6) is -0.702. The number of carbonyl (C=O) groups is 1. The summed E-state index contributed by atoms with van der Waals surface area (Å²) >= 11 is 1.79. The highest BCUT2D eigenvalue weighted by atomic mass is 32.2. The van der Waals surface area contributed by atoms with E-state index in [-0.39, 0.29) is 11.7 Å². The summed E-state index contributed by atoms with van der Waals surface area (Å²) in [5.41, 5.74) is 0. The number of aliphatic carboxylic acids is 1. The maximum atomic E-state index is 10.4. The molecule has 0 saturated carbocycles. The minimum atomic E-state index is -0.702. The Morgan fingerprint density at radius 2 is 2.23 bits per heavy atom. The fourth-order valence-electron chi connectivity index (χ4n) is 1.43. The zero-order valence-electron chi connectivity index (χ0n) is 7.86. The van der Waals surface area contributed by atoms with Crippen molar-refractivity contribution >= 4 is 17.7 Å². The third-order valence-corrected chi connectivity index (χ3v) is 3.54. The van der Waals surface area contributed by atoms with Gasteiger partial charge in [-0.05, 0) is 12.8 Å². The van der Waals surface area contributed by atoms with Gasteiger partial charge in [0.25, 0.3) is 0 Å². The first-order chi connectivity index (χ1) is 6.18. The molecule has 1 rings (SSSR count). The van der Waals surface area contributed by atoms with Gasteiger partial charge >= 0.3 is 5.97 Å². The Hall–Kier alpha value is -0.220. The van der Waals surface area contributed by atoms with E-state index in [2.05, 4.69) is 0 Å². The Morgan fingerprint density at radius 3 is 2.77 bits per heavy atom. The lowest BCUT2D eigenvalue weighted by atomic mass is 10.2. The summed E-state index contributed by atoms with van der Waals surface area (Å²) in [6, 6.07) is 0. The van der Waals surface area contributed by atoms with Gasteiger partial charge in [0, 0.05) is 23.7 Å². The van der Waals surface area contributed by atoms with E-state index < -0.39 is 5.97 Å². The van der Waals surface area contributed by atoms with Crippen molar-refractivity contribution in [2.45, 2.75) is 36.7 Å². The van der Waals surface area contributed by atoms with Crippen molar-refractivity contribution in [3.05, 3.63) is 0 Å². The number of carboxylic acids is 1. The first kappa shape index (κ1) is 10.9. The second-order valence-electron chi connectivity index (χ2n) is 3.36. The molecule has 0 radical (unpaired) electrons. The van der Waals surface area contributed by atoms with Crippen LogP contribution >= 0.6 is 11.8 Å². The highest BCUT2D eigenvalue weighted by Gasteiger charge is 2.18. The minimum Gasteiger partial charge on any atom is -0.481 e. The van der Waals surface area contributed by atoms with E-state index >= 15 is 0 Å². The Balaban J connectivity index is 2.18. The number of carboxylic acid groups (broad SMARTS) is 1. The molecule has 0 aromatic heterocycles. The lowest BCUT2D eigenvalue weighted by molar-refractivity contribution is -0.136. The van der Waals surface area contributed by atoms with Crippen LogP contribution < -0.4 is 0 Å². The van der Waals surface area contributed by atoms with E-state index in [1.807, 2.05) is 6.92 Å². The van der Waals surface area contributed by atoms with Crippen molar-refractivity contribution in [1.82, 2.24) is 0 Å². The Kier molecular flexibility index (Phi) is 4.59. The molecule has 0 amide bonds. The summed E-state index contributed by atoms with van der Waals surface area (Å²) in [4.78, 5) is 10.4. The Labute approximate surface area is 82.8 Å². The van der Waals surface area contributed by atoms with Crippen LogP contribution in [0.5, 0.6) is 0 Å². The third-order valence-electron chi connectivity index (χ3n) is 2.06. The standard InChI is InChI=1S/C9H16O3S/c1-7(6-9(10)11)13-8-2-4-12-5-3-8/h7-8H,2-6H2,1H3,(H,10,11). The highest BCUT2D eigenvalue weighted by Crippen LogP contribution is 2.27. The van der Waals surface area contributed by atoms with Gasteiger partial charge in [-0.2, -0.15) is 11.8 Å². The maximum absolute atomic E-state index is 10.4. The Morgan fingerprint density at radius 1 is 1.62 bits per heavy atom. The predicted molar refractivity (Wildman–Crippen MR) is 53.1 cm³/mol. The first-order valence-corrected chi connectivity index (χ1v) is 5.57. The van der Waals surface area contributed by atoms with Crippen molar-refractivity contribution in [3.8, 4) is 0 Å². The average molecular weight is 204 g/mol. The third kappa shape index (κ3) is 4.52. The molecule has 3 nitrogen and oxygen atoms in total. The fourth-order valence-corrected chi connectivity index (χ4v) is 2.80. The van der Waals surface area contributed by atoms with E-state index in [0.29, 0.717) is 5.25 Å². The largest absolute Gasteiger partial charge is 0.481 e. The smallest absolute Gasteiger partial charge is 0.304 e. The molecule has 4 heteroatoms. The molecule has 0 aliphatic carbocycles. The molecule has 1 atom stereocenters. The van der Waals surface area contributed by atoms with Crippen LogP contribution in [0.4, 0.5) is 0 Å². The van der Waals surface area contributed by atoms with Gasteiger partial charge in [0.1, 0.15) is 0 Å². The van der Waals surface area contributed by atoms with E-state index in [1.54, 1.807) is 11.8 Å². The van der Waals surface area contributed by atoms with Crippen LogP contribution in [0.3, 0.4) is 0 Å². The van der Waals surface area contributed by atoms with Crippen molar-refractivity contribution < 1.29 is 14.6 Å². The van der Waals surface area contributed by atoms with Gasteiger partial charge in [-0.25, -0.2) is 0 Å². The number of hydrogen-bond acceptors (Lipinski definition) is 3. The normalized spacial score (nSPS) is 21.3. The molecule has 0 spiro atoms. The zero-order chi connectivity index (χ0) is 9.68. The molecule has 0 bridgehead atoms. The fraction of sp³-hybridized carbons (Fsp3) is 0.889. The number of ether oxygens (including phenoxy) is 1. The van der Waals surface area contributed by atoms with Gasteiger partial charge < -0.3 is 9.84 Å². The molecular formula is C9H16O3S. The van der Waals surface area contributed by atoms with Crippen molar-refractivity contribution in [2.24, 2.45) is 0 Å². The molecule has 0 aromatic rings. The number of rotatable bonds is 4. The monoisotopic (exact) mass is 204 g/mol. The van der Waals surface area contributed by atoms with Gasteiger partial charge in [-0.1, -0.05) is 6.92 Å². The molecule has 1 aliphatic rings. The summed E-state index contributed by atoms with van der Waals surface area (Å²) in [5, 5.41) is 9.40. The Bertz CT molecular complexity index is 166. The number of hydrogen-bond donors (Lipinski definition) is 1. The minimum absolute atomic E-state index is 0.223. The molecule has 13 heavy (non-hydrogen) atoms. The van der Waals surface area contributed by atoms with Crippen LogP contribution in [-0.4, -0.2) is 34.8 Å². The first-order valence-electron chi connectivity index (χ1n) is 4.63. The molecule has 1 N–H and O–H groups in total.